The fourth-order valence-corrected chi connectivity index (χ4v) is 1.82. The van der Waals surface area contributed by atoms with E-state index in [2.05, 4.69) is 12.2 Å². The van der Waals surface area contributed by atoms with E-state index in [0.717, 1.165) is 19.4 Å². The van der Waals surface area contributed by atoms with Crippen LogP contribution in [0.3, 0.4) is 0 Å². The van der Waals surface area contributed by atoms with Gasteiger partial charge in [-0.15, -0.1) is 0 Å². The van der Waals surface area contributed by atoms with Crippen LogP contribution in [-0.4, -0.2) is 35.7 Å². The Hall–Kier alpha value is -0.360. The molecular weight excluding hydrogens is 237 g/mol. The highest BCUT2D eigenvalue weighted by atomic mass is 32.1. The summed E-state index contributed by atoms with van der Waals surface area (Å²) in [6.07, 6.45) is -2.08. The van der Waals surface area contributed by atoms with E-state index in [0.29, 0.717) is 12.5 Å². The predicted molar refractivity (Wildman–Crippen MR) is 61.2 cm³/mol. The van der Waals surface area contributed by atoms with Gasteiger partial charge in [-0.05, 0) is 25.3 Å². The van der Waals surface area contributed by atoms with Crippen molar-refractivity contribution in [3.8, 4) is 0 Å². The van der Waals surface area contributed by atoms with Gasteiger partial charge < -0.3 is 10.6 Å². The lowest BCUT2D eigenvalue weighted by molar-refractivity contribution is -0.159. The number of rotatable bonds is 6. The number of hydrogen-bond donors (Lipinski definition) is 1. The first-order valence-electron chi connectivity index (χ1n) is 5.43. The molecule has 1 fully saturated rings. The number of alkyl halides is 3. The first kappa shape index (κ1) is 13.7. The molecule has 0 aromatic heterocycles. The molecule has 6 heteroatoms. The largest absolute Gasteiger partial charge is 0.399 e. The second-order valence-electron chi connectivity index (χ2n) is 4.29. The molecule has 1 saturated carbocycles. The van der Waals surface area contributed by atoms with Gasteiger partial charge in [-0.2, -0.15) is 13.2 Å². The molecule has 1 atom stereocenters. The molecule has 1 aliphatic rings. The number of nitrogens with zero attached hydrogens (tertiary/aromatic N) is 1. The molecule has 0 heterocycles. The Balaban J connectivity index is 2.54. The molecule has 0 aliphatic heterocycles. The number of halogens is 3. The second kappa shape index (κ2) is 5.31. The summed E-state index contributed by atoms with van der Waals surface area (Å²) < 4.78 is 37.9. The zero-order valence-corrected chi connectivity index (χ0v) is 10.1. The highest BCUT2D eigenvalue weighted by molar-refractivity contribution is 7.80. The maximum absolute atomic E-state index is 12.6. The fraction of sp³-hybridized carbons (Fsp3) is 0.900. The fourth-order valence-electron chi connectivity index (χ4n) is 1.61. The Kier molecular flexibility index (Phi) is 4.55. The number of nitrogens with two attached hydrogens (primary N) is 1. The summed E-state index contributed by atoms with van der Waals surface area (Å²) in [7, 11) is 0. The Bertz CT molecular complexity index is 251. The molecule has 0 spiro atoms. The first-order valence-corrected chi connectivity index (χ1v) is 5.83. The van der Waals surface area contributed by atoms with Crippen molar-refractivity contribution in [2.24, 2.45) is 17.6 Å². The van der Waals surface area contributed by atoms with Crippen LogP contribution in [0.5, 0.6) is 0 Å². The summed E-state index contributed by atoms with van der Waals surface area (Å²) in [5, 5.41) is 0. The maximum atomic E-state index is 12.6. The van der Waals surface area contributed by atoms with Crippen LogP contribution in [0.25, 0.3) is 0 Å². The molecular formula is C10H17F3N2S. The first-order chi connectivity index (χ1) is 7.34. The van der Waals surface area contributed by atoms with Crippen molar-refractivity contribution in [2.45, 2.75) is 25.9 Å². The summed E-state index contributed by atoms with van der Waals surface area (Å²) in [5.41, 5.74) is 5.16. The maximum Gasteiger partial charge on any atom is 0.399 e. The van der Waals surface area contributed by atoms with Gasteiger partial charge in [-0.25, -0.2) is 0 Å². The number of hydrogen-bond acceptors (Lipinski definition) is 2. The van der Waals surface area contributed by atoms with Gasteiger partial charge >= 0.3 is 6.18 Å². The minimum Gasteiger partial charge on any atom is -0.393 e. The second-order valence-corrected chi connectivity index (χ2v) is 4.76. The lowest BCUT2D eigenvalue weighted by Gasteiger charge is -2.27. The van der Waals surface area contributed by atoms with Crippen LogP contribution in [0.4, 0.5) is 13.2 Å². The van der Waals surface area contributed by atoms with Crippen LogP contribution in [-0.2, 0) is 0 Å². The third-order valence-electron chi connectivity index (χ3n) is 2.84. The van der Waals surface area contributed by atoms with Crippen molar-refractivity contribution >= 4 is 17.2 Å². The van der Waals surface area contributed by atoms with Crippen LogP contribution in [0, 0.1) is 11.8 Å². The number of thiocarbonyl (C=S) groups is 1. The standard InChI is InChI=1S/C10H17F3N2S/c1-2-15(5-7-3-4-7)6-8(9(14)16)10(11,12)13/h7-8H,2-6H2,1H3,(H2,14,16). The van der Waals surface area contributed by atoms with E-state index in [1.807, 2.05) is 6.92 Å². The Morgan fingerprint density at radius 1 is 1.50 bits per heavy atom. The van der Waals surface area contributed by atoms with Crippen LogP contribution >= 0.6 is 12.2 Å². The predicted octanol–water partition coefficient (Wildman–Crippen LogP) is 2.18. The van der Waals surface area contributed by atoms with Crippen LogP contribution in [0.15, 0.2) is 0 Å². The molecule has 0 amide bonds. The molecule has 2 nitrogen and oxygen atoms in total. The summed E-state index contributed by atoms with van der Waals surface area (Å²) in [6, 6.07) is 0. The molecule has 16 heavy (non-hydrogen) atoms. The monoisotopic (exact) mass is 254 g/mol. The van der Waals surface area contributed by atoms with Gasteiger partial charge in [0.25, 0.3) is 0 Å². The van der Waals surface area contributed by atoms with Crippen molar-refractivity contribution in [3.05, 3.63) is 0 Å². The van der Waals surface area contributed by atoms with E-state index < -0.39 is 17.1 Å². The summed E-state index contributed by atoms with van der Waals surface area (Å²) >= 11 is 4.49. The normalized spacial score (nSPS) is 18.8. The molecule has 2 N–H and O–H groups in total. The van der Waals surface area contributed by atoms with Gasteiger partial charge in [0.1, 0.15) is 5.92 Å². The quantitative estimate of drug-likeness (QED) is 0.737. The smallest absolute Gasteiger partial charge is 0.393 e. The summed E-state index contributed by atoms with van der Waals surface area (Å²) in [4.78, 5) is 1.33. The topological polar surface area (TPSA) is 29.3 Å². The zero-order valence-electron chi connectivity index (χ0n) is 9.26. The SMILES string of the molecule is CCN(CC1CC1)CC(C(N)=S)C(F)(F)F. The molecule has 0 aromatic carbocycles. The molecule has 0 bridgehead atoms. The average Bonchev–Trinajstić information content (AvgIpc) is 2.92. The summed E-state index contributed by atoms with van der Waals surface area (Å²) in [5.74, 6) is -1.11. The van der Waals surface area contributed by atoms with Crippen LogP contribution in [0.1, 0.15) is 19.8 Å². The van der Waals surface area contributed by atoms with Crippen molar-refractivity contribution < 1.29 is 13.2 Å². The van der Waals surface area contributed by atoms with Crippen molar-refractivity contribution in [1.29, 1.82) is 0 Å². The molecule has 94 valence electrons. The van der Waals surface area contributed by atoms with Crippen molar-refractivity contribution in [1.82, 2.24) is 4.90 Å². The Morgan fingerprint density at radius 2 is 2.06 bits per heavy atom. The van der Waals surface area contributed by atoms with E-state index >= 15 is 0 Å². The zero-order chi connectivity index (χ0) is 12.3. The Morgan fingerprint density at radius 3 is 2.38 bits per heavy atom. The minimum atomic E-state index is -4.33. The third-order valence-corrected chi connectivity index (χ3v) is 3.12. The third kappa shape index (κ3) is 4.25. The lowest BCUT2D eigenvalue weighted by Crippen LogP contribution is -2.44. The molecule has 0 aromatic rings. The molecule has 1 aliphatic carbocycles. The van der Waals surface area contributed by atoms with Gasteiger partial charge in [0, 0.05) is 13.1 Å². The van der Waals surface area contributed by atoms with Crippen LogP contribution in [0.2, 0.25) is 0 Å². The highest BCUT2D eigenvalue weighted by Crippen LogP contribution is 2.32. The minimum absolute atomic E-state index is 0.105. The summed E-state index contributed by atoms with van der Waals surface area (Å²) in [6.45, 7) is 3.08. The molecule has 1 rings (SSSR count). The van der Waals surface area contributed by atoms with Gasteiger partial charge in [0.15, 0.2) is 0 Å². The van der Waals surface area contributed by atoms with E-state index in [1.54, 1.807) is 4.90 Å². The molecule has 0 saturated heterocycles. The van der Waals surface area contributed by atoms with Gasteiger partial charge in [0.2, 0.25) is 0 Å². The average molecular weight is 254 g/mol. The van der Waals surface area contributed by atoms with Crippen LogP contribution < -0.4 is 5.73 Å². The van der Waals surface area contributed by atoms with E-state index in [4.69, 9.17) is 5.73 Å². The van der Waals surface area contributed by atoms with Gasteiger partial charge in [-0.3, -0.25) is 0 Å². The molecule has 1 unspecified atom stereocenters. The van der Waals surface area contributed by atoms with E-state index in [-0.39, 0.29) is 6.54 Å². The lowest BCUT2D eigenvalue weighted by atomic mass is 10.1. The molecule has 0 radical (unpaired) electrons. The van der Waals surface area contributed by atoms with Gasteiger partial charge in [0.05, 0.1) is 4.99 Å². The highest BCUT2D eigenvalue weighted by Gasteiger charge is 2.42. The van der Waals surface area contributed by atoms with E-state index in [1.165, 1.54) is 0 Å². The van der Waals surface area contributed by atoms with E-state index in [9.17, 15) is 13.2 Å². The van der Waals surface area contributed by atoms with Crippen molar-refractivity contribution in [2.75, 3.05) is 19.6 Å². The van der Waals surface area contributed by atoms with Crippen molar-refractivity contribution in [3.63, 3.8) is 0 Å². The Labute approximate surface area is 99.0 Å². The van der Waals surface area contributed by atoms with Gasteiger partial charge in [-0.1, -0.05) is 19.1 Å².